The van der Waals surface area contributed by atoms with E-state index in [1.807, 2.05) is 17.6 Å². The minimum atomic E-state index is -1.46. The Morgan fingerprint density at radius 1 is 1.38 bits per heavy atom. The number of imidazole rings is 1. The lowest BCUT2D eigenvalue weighted by molar-refractivity contribution is -0.662. The van der Waals surface area contributed by atoms with Crippen molar-refractivity contribution in [2.45, 2.75) is 56.2 Å². The van der Waals surface area contributed by atoms with E-state index in [1.165, 1.54) is 16.7 Å². The maximum Gasteiger partial charge on any atom is 0.307 e. The molecule has 0 bridgehead atoms. The minimum absolute atomic E-state index is 0.00885. The first-order valence-corrected chi connectivity index (χ1v) is 14.4. The number of carboxylic acids is 1. The Balaban J connectivity index is 1.22. The van der Waals surface area contributed by atoms with Crippen LogP contribution >= 0.6 is 23.3 Å². The van der Waals surface area contributed by atoms with Crippen molar-refractivity contribution in [1.82, 2.24) is 29.2 Å². The Hall–Kier alpha value is -4.05. The molecule has 1 aliphatic carbocycles. The second kappa shape index (κ2) is 10.2. The van der Waals surface area contributed by atoms with Gasteiger partial charge < -0.3 is 25.8 Å². The number of nitrogens with zero attached hydrogens (tertiary/aromatic N) is 7. The summed E-state index contributed by atoms with van der Waals surface area (Å²) in [6.45, 7) is 2.15. The molecule has 6 rings (SSSR count). The second-order valence-electron chi connectivity index (χ2n) is 10.00. The SMILES string of the molecule is CC1(O/N=C(\C(=O)N[C@@H]2C(=O)N3C(C(=O)[O-])=C(C[n+]4ccn5ncccc54)CS[C@H]23)c2nsc(N)n2)CCCC1. The van der Waals surface area contributed by atoms with Gasteiger partial charge in [-0.3, -0.25) is 14.5 Å². The number of nitrogen functional groups attached to an aromatic ring is 1. The van der Waals surface area contributed by atoms with E-state index in [-0.39, 0.29) is 28.9 Å². The fraction of sp³-hybridized carbons (Fsp3) is 0.417. The van der Waals surface area contributed by atoms with Crippen LogP contribution in [0.25, 0.3) is 5.65 Å². The molecule has 0 spiro atoms. The molecule has 14 nitrogen and oxygen atoms in total. The van der Waals surface area contributed by atoms with E-state index in [2.05, 4.69) is 24.9 Å². The number of β-lactam (4-membered cyclic amide) rings is 1. The highest BCUT2D eigenvalue weighted by molar-refractivity contribution is 8.00. The van der Waals surface area contributed by atoms with Gasteiger partial charge in [0.25, 0.3) is 11.8 Å². The summed E-state index contributed by atoms with van der Waals surface area (Å²) >= 11 is 2.26. The van der Waals surface area contributed by atoms with Crippen molar-refractivity contribution in [2.24, 2.45) is 5.16 Å². The van der Waals surface area contributed by atoms with E-state index < -0.39 is 34.8 Å². The zero-order chi connectivity index (χ0) is 28.0. The van der Waals surface area contributed by atoms with Gasteiger partial charge in [0.05, 0.1) is 17.9 Å². The highest BCUT2D eigenvalue weighted by atomic mass is 32.2. The molecule has 0 radical (unpaired) electrons. The smallest absolute Gasteiger partial charge is 0.307 e. The topological polar surface area (TPSA) is 184 Å². The van der Waals surface area contributed by atoms with Gasteiger partial charge in [-0.15, -0.1) is 16.3 Å². The number of nitrogens with one attached hydrogen (secondary N) is 1. The van der Waals surface area contributed by atoms with Crippen LogP contribution in [0.2, 0.25) is 0 Å². The van der Waals surface area contributed by atoms with Gasteiger partial charge in [-0.25, -0.2) is 4.57 Å². The summed E-state index contributed by atoms with van der Waals surface area (Å²) in [4.78, 5) is 49.8. The Bertz CT molecular complexity index is 1580. The van der Waals surface area contributed by atoms with Crippen LogP contribution in [0.5, 0.6) is 0 Å². The van der Waals surface area contributed by atoms with Crippen molar-refractivity contribution in [3.63, 3.8) is 0 Å². The molecule has 3 aliphatic rings. The summed E-state index contributed by atoms with van der Waals surface area (Å²) in [6.07, 6.45) is 8.76. The van der Waals surface area contributed by atoms with Crippen LogP contribution in [0, 0.1) is 0 Å². The second-order valence-corrected chi connectivity index (χ2v) is 11.9. The molecule has 16 heteroatoms. The van der Waals surface area contributed by atoms with Gasteiger partial charge in [-0.05, 0) is 38.7 Å². The van der Waals surface area contributed by atoms with Crippen molar-refractivity contribution in [1.29, 1.82) is 0 Å². The number of oxime groups is 1. The van der Waals surface area contributed by atoms with Crippen LogP contribution in [0.15, 0.2) is 47.1 Å². The molecule has 1 saturated heterocycles. The van der Waals surface area contributed by atoms with Crippen LogP contribution in [-0.2, 0) is 25.8 Å². The maximum absolute atomic E-state index is 13.3. The number of hydrogen-bond donors (Lipinski definition) is 2. The lowest BCUT2D eigenvalue weighted by Crippen LogP contribution is -2.71. The number of carboxylic acid groups (broad SMARTS) is 1. The average Bonchev–Trinajstić information content (AvgIpc) is 3.67. The quantitative estimate of drug-likeness (QED) is 0.147. The van der Waals surface area contributed by atoms with Crippen molar-refractivity contribution in [2.75, 3.05) is 11.5 Å². The molecule has 40 heavy (non-hydrogen) atoms. The van der Waals surface area contributed by atoms with Gasteiger partial charge in [0.2, 0.25) is 11.5 Å². The number of amides is 2. The molecule has 2 atom stereocenters. The molecule has 3 aromatic heterocycles. The molecule has 0 aromatic carbocycles. The number of anilines is 1. The molecular weight excluding hydrogens is 558 g/mol. The minimum Gasteiger partial charge on any atom is -0.543 e. The van der Waals surface area contributed by atoms with Crippen molar-refractivity contribution in [3.05, 3.63) is 47.8 Å². The van der Waals surface area contributed by atoms with Gasteiger partial charge in [0.15, 0.2) is 11.3 Å². The zero-order valence-electron chi connectivity index (χ0n) is 21.3. The van der Waals surface area contributed by atoms with E-state index in [4.69, 9.17) is 10.6 Å². The summed E-state index contributed by atoms with van der Waals surface area (Å²) < 4.78 is 7.60. The fourth-order valence-electron chi connectivity index (χ4n) is 5.16. The third-order valence-corrected chi connectivity index (χ3v) is 9.10. The molecule has 2 amide bonds. The largest absolute Gasteiger partial charge is 0.543 e. The Morgan fingerprint density at radius 2 is 2.17 bits per heavy atom. The Morgan fingerprint density at radius 3 is 2.90 bits per heavy atom. The summed E-state index contributed by atoms with van der Waals surface area (Å²) in [6, 6.07) is 2.65. The first-order valence-electron chi connectivity index (χ1n) is 12.6. The molecule has 1 saturated carbocycles. The molecule has 2 aliphatic heterocycles. The van der Waals surface area contributed by atoms with Crippen LogP contribution in [0.3, 0.4) is 0 Å². The number of hydrogen-bond acceptors (Lipinski definition) is 12. The summed E-state index contributed by atoms with van der Waals surface area (Å²) in [7, 11) is 0. The molecule has 3 aromatic rings. The highest BCUT2D eigenvalue weighted by Crippen LogP contribution is 2.40. The van der Waals surface area contributed by atoms with Gasteiger partial charge in [-0.2, -0.15) is 9.36 Å². The number of rotatable bonds is 8. The summed E-state index contributed by atoms with van der Waals surface area (Å²) in [5, 5.41) is 22.7. The predicted octanol–water partition coefficient (Wildman–Crippen LogP) is -0.787. The first kappa shape index (κ1) is 26.2. The lowest BCUT2D eigenvalue weighted by atomic mass is 10.0. The molecule has 0 unspecified atom stereocenters. The van der Waals surface area contributed by atoms with Gasteiger partial charge >= 0.3 is 5.65 Å². The zero-order valence-corrected chi connectivity index (χ0v) is 23.0. The van der Waals surface area contributed by atoms with E-state index >= 15 is 0 Å². The van der Waals surface area contributed by atoms with Gasteiger partial charge in [-0.1, -0.05) is 10.3 Å². The van der Waals surface area contributed by atoms with Crippen molar-refractivity contribution < 1.29 is 28.9 Å². The van der Waals surface area contributed by atoms with E-state index in [0.29, 0.717) is 11.3 Å². The number of carbonyl (C=O) groups is 3. The van der Waals surface area contributed by atoms with E-state index in [9.17, 15) is 19.5 Å². The Kier molecular flexibility index (Phi) is 6.66. The predicted molar refractivity (Wildman–Crippen MR) is 141 cm³/mol. The lowest BCUT2D eigenvalue weighted by Gasteiger charge is -2.50. The number of aliphatic carboxylic acids is 1. The highest BCUT2D eigenvalue weighted by Gasteiger charge is 2.53. The average molecular weight is 584 g/mol. The van der Waals surface area contributed by atoms with E-state index in [0.717, 1.165) is 42.9 Å². The normalized spacial score (nSPS) is 22.3. The third kappa shape index (κ3) is 4.66. The van der Waals surface area contributed by atoms with Gasteiger partial charge in [0, 0.05) is 28.9 Å². The van der Waals surface area contributed by atoms with Crippen LogP contribution in [-0.4, -0.2) is 70.1 Å². The monoisotopic (exact) mass is 583 g/mol. The number of nitrogens with two attached hydrogens (primary N) is 1. The number of thioether (sulfide) groups is 1. The van der Waals surface area contributed by atoms with Crippen LogP contribution in [0.4, 0.5) is 5.13 Å². The number of fused-ring (bicyclic) bond motifs is 2. The fourth-order valence-corrected chi connectivity index (χ4v) is 6.93. The third-order valence-electron chi connectivity index (χ3n) is 7.21. The molecule has 208 valence electrons. The summed E-state index contributed by atoms with van der Waals surface area (Å²) in [5.41, 5.74) is 6.10. The Labute approximate surface area is 236 Å². The molecule has 5 heterocycles. The summed E-state index contributed by atoms with van der Waals surface area (Å²) in [5.74, 6) is -2.43. The number of aromatic nitrogens is 5. The van der Waals surface area contributed by atoms with E-state index in [1.54, 1.807) is 29.2 Å². The first-order chi connectivity index (χ1) is 19.2. The van der Waals surface area contributed by atoms with Crippen LogP contribution in [0.1, 0.15) is 38.4 Å². The van der Waals surface area contributed by atoms with Gasteiger partial charge in [0.1, 0.15) is 29.8 Å². The standard InChI is InChI=1S/C24H25N9O5S2/c1-24(6-2-3-7-24)38-29-15(18-28-23(25)40-30-18)19(34)27-16-20(35)33-17(22(36)37)13(12-39-21(16)33)11-31-9-10-32-14(31)5-4-8-26-32/h4-5,8-10,16,21H,2-3,6-7,11-12H2,1H3,(H3-,25,27,28,30,34,36,37)/b29-15-/t16-,21-/m1/s1. The van der Waals surface area contributed by atoms with Crippen LogP contribution < -0.4 is 20.7 Å². The molecular formula is C24H25N9O5S2. The van der Waals surface area contributed by atoms with Crippen molar-refractivity contribution >= 4 is 57.6 Å². The maximum atomic E-state index is 13.3. The molecule has 2 fully saturated rings. The molecule has 3 N–H and O–H groups in total. The number of carbonyl (C=O) groups excluding carboxylic acids is 3. The van der Waals surface area contributed by atoms with Crippen molar-refractivity contribution in [3.8, 4) is 0 Å².